The molecule has 0 aliphatic heterocycles. The number of carboxylic acid groups (broad SMARTS) is 1. The highest BCUT2D eigenvalue weighted by Crippen LogP contribution is 2.28. The molecule has 0 amide bonds. The molecule has 1 saturated carbocycles. The lowest BCUT2D eigenvalue weighted by atomic mass is 9.86. The average Bonchev–Trinajstić information content (AvgIpc) is 2.15. The van der Waals surface area contributed by atoms with Gasteiger partial charge in [0.2, 0.25) is 0 Å². The maximum atomic E-state index is 10.5. The van der Waals surface area contributed by atoms with Gasteiger partial charge in [-0.1, -0.05) is 32.1 Å². The monoisotopic (exact) mass is 202 g/mol. The first-order chi connectivity index (χ1) is 6.20. The van der Waals surface area contributed by atoms with E-state index in [0.29, 0.717) is 0 Å². The smallest absolute Gasteiger partial charge is 0.316 e. The van der Waals surface area contributed by atoms with Crippen LogP contribution in [0.2, 0.25) is 0 Å². The maximum absolute atomic E-state index is 10.5. The average molecular weight is 202 g/mol. The number of thiol groups is 1. The van der Waals surface area contributed by atoms with Crippen LogP contribution in [0.15, 0.2) is 0 Å². The van der Waals surface area contributed by atoms with Gasteiger partial charge in [0.05, 0.1) is 5.25 Å². The number of hydrogen-bond donors (Lipinski definition) is 2. The third-order valence-corrected chi connectivity index (χ3v) is 3.34. The maximum Gasteiger partial charge on any atom is 0.316 e. The highest BCUT2D eigenvalue weighted by atomic mass is 32.1. The minimum Gasteiger partial charge on any atom is -0.480 e. The topological polar surface area (TPSA) is 37.3 Å². The lowest BCUT2D eigenvalue weighted by Gasteiger charge is -2.21. The number of carbonyl (C=O) groups is 1. The van der Waals surface area contributed by atoms with Gasteiger partial charge in [0, 0.05) is 0 Å². The second-order valence-electron chi connectivity index (χ2n) is 3.94. The Morgan fingerprint density at radius 1 is 1.38 bits per heavy atom. The summed E-state index contributed by atoms with van der Waals surface area (Å²) in [5.41, 5.74) is 0. The van der Waals surface area contributed by atoms with E-state index in [-0.39, 0.29) is 0 Å². The van der Waals surface area contributed by atoms with E-state index in [1.807, 2.05) is 0 Å². The van der Waals surface area contributed by atoms with Crippen molar-refractivity contribution in [3.8, 4) is 0 Å². The molecule has 13 heavy (non-hydrogen) atoms. The summed E-state index contributed by atoms with van der Waals surface area (Å²) in [5, 5.41) is 8.18. The zero-order chi connectivity index (χ0) is 9.68. The zero-order valence-corrected chi connectivity index (χ0v) is 8.80. The minimum absolute atomic E-state index is 0.457. The summed E-state index contributed by atoms with van der Waals surface area (Å²) in [6, 6.07) is 0. The molecule has 1 aliphatic carbocycles. The van der Waals surface area contributed by atoms with Crippen molar-refractivity contribution >= 4 is 18.6 Å². The number of hydrogen-bond acceptors (Lipinski definition) is 2. The molecular formula is C10H18O2S. The van der Waals surface area contributed by atoms with Crippen molar-refractivity contribution in [2.45, 2.75) is 50.2 Å². The Morgan fingerprint density at radius 2 is 2.00 bits per heavy atom. The van der Waals surface area contributed by atoms with Crippen LogP contribution in [0.25, 0.3) is 0 Å². The van der Waals surface area contributed by atoms with Crippen LogP contribution in [0, 0.1) is 5.92 Å². The third kappa shape index (κ3) is 4.03. The molecule has 0 saturated heterocycles. The Hall–Kier alpha value is -0.180. The van der Waals surface area contributed by atoms with E-state index in [2.05, 4.69) is 12.6 Å². The quantitative estimate of drug-likeness (QED) is 0.688. The van der Waals surface area contributed by atoms with Crippen molar-refractivity contribution in [1.82, 2.24) is 0 Å². The molecule has 1 rings (SSSR count). The van der Waals surface area contributed by atoms with Gasteiger partial charge in [-0.05, 0) is 18.8 Å². The number of carboxylic acids is 1. The molecule has 3 heteroatoms. The van der Waals surface area contributed by atoms with E-state index >= 15 is 0 Å². The normalized spacial score (nSPS) is 21.3. The molecule has 0 heterocycles. The Labute approximate surface area is 85.1 Å². The Bertz CT molecular complexity index is 164. The molecule has 0 aromatic rings. The van der Waals surface area contributed by atoms with Crippen LogP contribution >= 0.6 is 12.6 Å². The SMILES string of the molecule is O=C(O)C(S)CCC1CCCCC1. The van der Waals surface area contributed by atoms with Crippen molar-refractivity contribution in [1.29, 1.82) is 0 Å². The van der Waals surface area contributed by atoms with Crippen LogP contribution in [0.5, 0.6) is 0 Å². The van der Waals surface area contributed by atoms with E-state index in [9.17, 15) is 4.79 Å². The van der Waals surface area contributed by atoms with E-state index in [4.69, 9.17) is 5.11 Å². The van der Waals surface area contributed by atoms with E-state index in [1.54, 1.807) is 0 Å². The molecule has 1 atom stereocenters. The van der Waals surface area contributed by atoms with Gasteiger partial charge in [-0.3, -0.25) is 4.79 Å². The first-order valence-electron chi connectivity index (χ1n) is 5.11. The number of rotatable bonds is 4. The summed E-state index contributed by atoms with van der Waals surface area (Å²) in [4.78, 5) is 10.5. The van der Waals surface area contributed by atoms with Crippen LogP contribution in [-0.4, -0.2) is 16.3 Å². The molecule has 0 bridgehead atoms. The molecule has 1 fully saturated rings. The molecule has 1 aliphatic rings. The fourth-order valence-electron chi connectivity index (χ4n) is 1.99. The molecule has 1 unspecified atom stereocenters. The first-order valence-corrected chi connectivity index (χ1v) is 5.62. The third-order valence-electron chi connectivity index (χ3n) is 2.86. The summed E-state index contributed by atoms with van der Waals surface area (Å²) in [5.74, 6) is -0.0121. The lowest BCUT2D eigenvalue weighted by Crippen LogP contribution is -2.16. The number of aliphatic carboxylic acids is 1. The summed E-state index contributed by atoms with van der Waals surface area (Å²) in [7, 11) is 0. The minimum atomic E-state index is -0.779. The molecule has 0 aromatic heterocycles. The van der Waals surface area contributed by atoms with Crippen LogP contribution in [0.1, 0.15) is 44.9 Å². The molecule has 76 valence electrons. The molecule has 2 nitrogen and oxygen atoms in total. The van der Waals surface area contributed by atoms with Crippen LogP contribution < -0.4 is 0 Å². The Morgan fingerprint density at radius 3 is 2.54 bits per heavy atom. The molecule has 0 radical (unpaired) electrons. The molecule has 0 spiro atoms. The molecular weight excluding hydrogens is 184 g/mol. The molecule has 0 aromatic carbocycles. The van der Waals surface area contributed by atoms with Gasteiger partial charge in [0.1, 0.15) is 0 Å². The fourth-order valence-corrected chi connectivity index (χ4v) is 2.14. The van der Waals surface area contributed by atoms with Gasteiger partial charge >= 0.3 is 5.97 Å². The van der Waals surface area contributed by atoms with E-state index < -0.39 is 11.2 Å². The largest absolute Gasteiger partial charge is 0.480 e. The van der Waals surface area contributed by atoms with E-state index in [1.165, 1.54) is 32.1 Å². The summed E-state index contributed by atoms with van der Waals surface area (Å²) >= 11 is 4.02. The van der Waals surface area contributed by atoms with Gasteiger partial charge < -0.3 is 5.11 Å². The summed E-state index contributed by atoms with van der Waals surface area (Å²) in [6.07, 6.45) is 8.37. The predicted molar refractivity (Wildman–Crippen MR) is 56.2 cm³/mol. The van der Waals surface area contributed by atoms with Crippen LogP contribution in [0.4, 0.5) is 0 Å². The van der Waals surface area contributed by atoms with Gasteiger partial charge in [-0.25, -0.2) is 0 Å². The first kappa shape index (κ1) is 10.9. The standard InChI is InChI=1S/C10H18O2S/c11-10(12)9(13)7-6-8-4-2-1-3-5-8/h8-9,13H,1-7H2,(H,11,12). The second kappa shape index (κ2) is 5.53. The highest BCUT2D eigenvalue weighted by molar-refractivity contribution is 7.81. The predicted octanol–water partition coefficient (Wildman–Crippen LogP) is 2.73. The fraction of sp³-hybridized carbons (Fsp3) is 0.900. The second-order valence-corrected chi connectivity index (χ2v) is 4.56. The lowest BCUT2D eigenvalue weighted by molar-refractivity contribution is -0.136. The van der Waals surface area contributed by atoms with Gasteiger partial charge in [0.25, 0.3) is 0 Å². The zero-order valence-electron chi connectivity index (χ0n) is 7.91. The highest BCUT2D eigenvalue weighted by Gasteiger charge is 2.17. The van der Waals surface area contributed by atoms with E-state index in [0.717, 1.165) is 18.8 Å². The van der Waals surface area contributed by atoms with Crippen molar-refractivity contribution in [3.63, 3.8) is 0 Å². The molecule has 1 N–H and O–H groups in total. The van der Waals surface area contributed by atoms with Crippen molar-refractivity contribution in [3.05, 3.63) is 0 Å². The van der Waals surface area contributed by atoms with Gasteiger partial charge in [0.15, 0.2) is 0 Å². The van der Waals surface area contributed by atoms with Gasteiger partial charge in [-0.2, -0.15) is 12.6 Å². The van der Waals surface area contributed by atoms with Crippen molar-refractivity contribution in [2.75, 3.05) is 0 Å². The summed E-state index contributed by atoms with van der Waals surface area (Å²) in [6.45, 7) is 0. The van der Waals surface area contributed by atoms with Crippen molar-refractivity contribution in [2.24, 2.45) is 5.92 Å². The Kier molecular flexibility index (Phi) is 4.64. The van der Waals surface area contributed by atoms with Gasteiger partial charge in [-0.15, -0.1) is 0 Å². The Balaban J connectivity index is 2.13. The van der Waals surface area contributed by atoms with Crippen LogP contribution in [0.3, 0.4) is 0 Å². The summed E-state index contributed by atoms with van der Waals surface area (Å²) < 4.78 is 0. The van der Waals surface area contributed by atoms with Crippen LogP contribution in [-0.2, 0) is 4.79 Å². The van der Waals surface area contributed by atoms with Crippen molar-refractivity contribution < 1.29 is 9.90 Å².